The number of piperidine rings is 1. The smallest absolute Gasteiger partial charge is 0.273 e. The third kappa shape index (κ3) is 4.25. The number of likely N-dealkylation sites (tertiary alicyclic amines) is 1. The minimum Gasteiger partial charge on any atom is -0.337 e. The first-order chi connectivity index (χ1) is 10.2. The SMILES string of the molecule is CCN(CC)CC1CCN(C(=O)c2csc(CN)n2)CC1. The fourth-order valence-corrected chi connectivity index (χ4v) is 3.48. The summed E-state index contributed by atoms with van der Waals surface area (Å²) in [5.41, 5.74) is 6.11. The lowest BCUT2D eigenvalue weighted by Crippen LogP contribution is -2.41. The summed E-state index contributed by atoms with van der Waals surface area (Å²) >= 11 is 1.47. The standard InChI is InChI=1S/C15H26N4OS/c1-3-18(4-2)10-12-5-7-19(8-6-12)15(20)13-11-21-14(9-16)17-13/h11-12H,3-10,16H2,1-2H3. The predicted octanol–water partition coefficient (Wildman–Crippen LogP) is 1.80. The third-order valence-corrected chi connectivity index (χ3v) is 5.13. The van der Waals surface area contributed by atoms with Crippen LogP contribution in [0.15, 0.2) is 5.38 Å². The quantitative estimate of drug-likeness (QED) is 0.870. The van der Waals surface area contributed by atoms with Crippen molar-refractivity contribution in [2.24, 2.45) is 11.7 Å². The van der Waals surface area contributed by atoms with E-state index in [1.165, 1.54) is 11.3 Å². The minimum absolute atomic E-state index is 0.0623. The summed E-state index contributed by atoms with van der Waals surface area (Å²) in [4.78, 5) is 21.1. The predicted molar refractivity (Wildman–Crippen MR) is 86.4 cm³/mol. The van der Waals surface area contributed by atoms with Gasteiger partial charge in [-0.05, 0) is 31.8 Å². The van der Waals surface area contributed by atoms with E-state index in [2.05, 4.69) is 23.7 Å². The number of aromatic nitrogens is 1. The highest BCUT2D eigenvalue weighted by Crippen LogP contribution is 2.20. The van der Waals surface area contributed by atoms with Crippen molar-refractivity contribution in [1.82, 2.24) is 14.8 Å². The lowest BCUT2D eigenvalue weighted by Gasteiger charge is -2.34. The zero-order valence-corrected chi connectivity index (χ0v) is 13.9. The van der Waals surface area contributed by atoms with Crippen LogP contribution in [0, 0.1) is 5.92 Å². The van der Waals surface area contributed by atoms with E-state index >= 15 is 0 Å². The van der Waals surface area contributed by atoms with Crippen molar-refractivity contribution in [2.75, 3.05) is 32.7 Å². The van der Waals surface area contributed by atoms with Crippen LogP contribution in [-0.2, 0) is 6.54 Å². The van der Waals surface area contributed by atoms with E-state index < -0.39 is 0 Å². The van der Waals surface area contributed by atoms with Crippen molar-refractivity contribution in [3.63, 3.8) is 0 Å². The zero-order valence-electron chi connectivity index (χ0n) is 13.0. The van der Waals surface area contributed by atoms with Gasteiger partial charge in [0.05, 0.1) is 0 Å². The van der Waals surface area contributed by atoms with Gasteiger partial charge in [-0.15, -0.1) is 11.3 Å². The van der Waals surface area contributed by atoms with Crippen molar-refractivity contribution in [1.29, 1.82) is 0 Å². The summed E-state index contributed by atoms with van der Waals surface area (Å²) in [7, 11) is 0. The maximum atomic E-state index is 12.4. The molecule has 2 N–H and O–H groups in total. The lowest BCUT2D eigenvalue weighted by atomic mass is 9.96. The van der Waals surface area contributed by atoms with Gasteiger partial charge in [0.1, 0.15) is 10.7 Å². The maximum absolute atomic E-state index is 12.4. The van der Waals surface area contributed by atoms with Crippen LogP contribution in [0.5, 0.6) is 0 Å². The van der Waals surface area contributed by atoms with Crippen LogP contribution in [0.1, 0.15) is 42.2 Å². The van der Waals surface area contributed by atoms with Crippen LogP contribution >= 0.6 is 11.3 Å². The van der Waals surface area contributed by atoms with Crippen molar-refractivity contribution in [2.45, 2.75) is 33.2 Å². The second kappa shape index (κ2) is 7.87. The van der Waals surface area contributed by atoms with Gasteiger partial charge in [0, 0.05) is 31.6 Å². The van der Waals surface area contributed by atoms with Crippen molar-refractivity contribution >= 4 is 17.2 Å². The molecule has 1 aromatic heterocycles. The highest BCUT2D eigenvalue weighted by Gasteiger charge is 2.25. The Morgan fingerprint density at radius 1 is 1.43 bits per heavy atom. The van der Waals surface area contributed by atoms with E-state index in [0.29, 0.717) is 18.2 Å². The van der Waals surface area contributed by atoms with Crippen LogP contribution in [0.2, 0.25) is 0 Å². The Kier molecular flexibility index (Phi) is 6.14. The molecular formula is C15H26N4OS. The second-order valence-corrected chi connectivity index (χ2v) is 6.49. The fourth-order valence-electron chi connectivity index (χ4n) is 2.83. The molecule has 21 heavy (non-hydrogen) atoms. The molecule has 1 aliphatic heterocycles. The van der Waals surface area contributed by atoms with E-state index in [1.807, 2.05) is 10.3 Å². The van der Waals surface area contributed by atoms with Gasteiger partial charge < -0.3 is 15.5 Å². The zero-order chi connectivity index (χ0) is 15.2. The Bertz CT molecular complexity index is 450. The largest absolute Gasteiger partial charge is 0.337 e. The van der Waals surface area contributed by atoms with Crippen LogP contribution in [0.3, 0.4) is 0 Å². The Hall–Kier alpha value is -0.980. The second-order valence-electron chi connectivity index (χ2n) is 5.55. The molecule has 5 nitrogen and oxygen atoms in total. The van der Waals surface area contributed by atoms with E-state index in [4.69, 9.17) is 5.73 Å². The molecule has 1 amide bonds. The molecule has 0 aliphatic carbocycles. The summed E-state index contributed by atoms with van der Waals surface area (Å²) < 4.78 is 0. The molecule has 0 unspecified atom stereocenters. The molecule has 2 rings (SSSR count). The van der Waals surface area contributed by atoms with E-state index in [9.17, 15) is 4.79 Å². The van der Waals surface area contributed by atoms with Gasteiger partial charge in [-0.2, -0.15) is 0 Å². The topological polar surface area (TPSA) is 62.5 Å². The molecule has 0 saturated carbocycles. The summed E-state index contributed by atoms with van der Waals surface area (Å²) in [6, 6.07) is 0. The summed E-state index contributed by atoms with van der Waals surface area (Å²) in [6.45, 7) is 9.89. The molecule has 0 spiro atoms. The highest BCUT2D eigenvalue weighted by atomic mass is 32.1. The van der Waals surface area contributed by atoms with Crippen LogP contribution < -0.4 is 5.73 Å². The number of nitrogens with two attached hydrogens (primary N) is 1. The average molecular weight is 310 g/mol. The van der Waals surface area contributed by atoms with E-state index in [0.717, 1.165) is 50.6 Å². The maximum Gasteiger partial charge on any atom is 0.273 e. The monoisotopic (exact) mass is 310 g/mol. The van der Waals surface area contributed by atoms with Gasteiger partial charge in [0.2, 0.25) is 0 Å². The molecule has 118 valence electrons. The van der Waals surface area contributed by atoms with Crippen molar-refractivity contribution in [3.8, 4) is 0 Å². The molecule has 0 radical (unpaired) electrons. The van der Waals surface area contributed by atoms with Crippen molar-refractivity contribution < 1.29 is 4.79 Å². The van der Waals surface area contributed by atoms with E-state index in [-0.39, 0.29) is 5.91 Å². The minimum atomic E-state index is 0.0623. The number of rotatable bonds is 6. The number of hydrogen-bond donors (Lipinski definition) is 1. The molecule has 6 heteroatoms. The van der Waals surface area contributed by atoms with Crippen LogP contribution in [0.4, 0.5) is 0 Å². The van der Waals surface area contributed by atoms with Gasteiger partial charge >= 0.3 is 0 Å². The first kappa shape index (κ1) is 16.4. The van der Waals surface area contributed by atoms with Gasteiger partial charge in [-0.1, -0.05) is 13.8 Å². The number of amides is 1. The normalized spacial score (nSPS) is 16.7. The lowest BCUT2D eigenvalue weighted by molar-refractivity contribution is 0.0664. The molecule has 1 aromatic rings. The first-order valence-corrected chi connectivity index (χ1v) is 8.71. The molecular weight excluding hydrogens is 284 g/mol. The molecule has 0 bridgehead atoms. The van der Waals surface area contributed by atoms with Crippen LogP contribution in [-0.4, -0.2) is 53.4 Å². The Morgan fingerprint density at radius 2 is 2.10 bits per heavy atom. The number of carbonyl (C=O) groups is 1. The van der Waals surface area contributed by atoms with Crippen LogP contribution in [0.25, 0.3) is 0 Å². The number of thiazole rings is 1. The summed E-state index contributed by atoms with van der Waals surface area (Å²) in [6.07, 6.45) is 2.19. The fraction of sp³-hybridized carbons (Fsp3) is 0.733. The Labute approximate surface area is 131 Å². The van der Waals surface area contributed by atoms with Gasteiger partial charge in [-0.25, -0.2) is 4.98 Å². The first-order valence-electron chi connectivity index (χ1n) is 7.84. The molecule has 1 saturated heterocycles. The molecule has 0 aromatic carbocycles. The summed E-state index contributed by atoms with van der Waals surface area (Å²) in [5.74, 6) is 0.774. The molecule has 0 atom stereocenters. The van der Waals surface area contributed by atoms with Crippen molar-refractivity contribution in [3.05, 3.63) is 16.1 Å². The molecule has 1 aliphatic rings. The van der Waals surface area contributed by atoms with E-state index in [1.54, 1.807) is 0 Å². The Morgan fingerprint density at radius 3 is 2.62 bits per heavy atom. The molecule has 2 heterocycles. The molecule has 1 fully saturated rings. The number of hydrogen-bond acceptors (Lipinski definition) is 5. The van der Waals surface area contributed by atoms with Gasteiger partial charge in [0.15, 0.2) is 0 Å². The van der Waals surface area contributed by atoms with Gasteiger partial charge in [0.25, 0.3) is 5.91 Å². The van der Waals surface area contributed by atoms with Gasteiger partial charge in [-0.3, -0.25) is 4.79 Å². The Balaban J connectivity index is 1.84. The number of carbonyl (C=O) groups excluding carboxylic acids is 1. The summed E-state index contributed by atoms with van der Waals surface area (Å²) in [5, 5.41) is 2.65. The average Bonchev–Trinajstić information content (AvgIpc) is 3.01. The number of nitrogens with zero attached hydrogens (tertiary/aromatic N) is 3. The third-order valence-electron chi connectivity index (χ3n) is 4.26. The highest BCUT2D eigenvalue weighted by molar-refractivity contribution is 7.09.